The van der Waals surface area contributed by atoms with E-state index in [1.807, 2.05) is 0 Å². The van der Waals surface area contributed by atoms with Crippen LogP contribution in [-0.4, -0.2) is 34.6 Å². The van der Waals surface area contributed by atoms with Crippen molar-refractivity contribution < 1.29 is 19.1 Å². The predicted octanol–water partition coefficient (Wildman–Crippen LogP) is 3.31. The summed E-state index contributed by atoms with van der Waals surface area (Å²) in [6.45, 7) is 3.80. The fourth-order valence-electron chi connectivity index (χ4n) is 1.79. The third-order valence-electron chi connectivity index (χ3n) is 2.77. The lowest BCUT2D eigenvalue weighted by Crippen LogP contribution is -2.42. The van der Waals surface area contributed by atoms with Gasteiger partial charge in [-0.15, -0.1) is 0 Å². The van der Waals surface area contributed by atoms with E-state index in [-0.39, 0.29) is 10.9 Å². The summed E-state index contributed by atoms with van der Waals surface area (Å²) in [6, 6.07) is 3.27. The molecule has 0 aliphatic rings. The summed E-state index contributed by atoms with van der Waals surface area (Å²) >= 11 is 3.03. The zero-order chi connectivity index (χ0) is 15.3. The van der Waals surface area contributed by atoms with E-state index in [1.165, 1.54) is 23.1 Å². The Labute approximate surface area is 124 Å². The number of hydrogen-bond donors (Lipinski definition) is 2. The van der Waals surface area contributed by atoms with Crippen molar-refractivity contribution in [2.24, 2.45) is 0 Å². The molecule has 0 heterocycles. The zero-order valence-electron chi connectivity index (χ0n) is 11.2. The molecular formula is C13H16BrFN2O3. The maximum Gasteiger partial charge on any atom is 0.322 e. The van der Waals surface area contributed by atoms with Crippen molar-refractivity contribution >= 4 is 33.6 Å². The Balaban J connectivity index is 2.76. The number of carboxylic acids is 1. The first-order chi connectivity index (χ1) is 9.35. The molecular weight excluding hydrogens is 331 g/mol. The topological polar surface area (TPSA) is 69.6 Å². The summed E-state index contributed by atoms with van der Waals surface area (Å²) in [4.78, 5) is 24.2. The van der Waals surface area contributed by atoms with Gasteiger partial charge in [0.25, 0.3) is 0 Å². The number of rotatable bonds is 5. The van der Waals surface area contributed by atoms with Gasteiger partial charge in [-0.2, -0.15) is 0 Å². The largest absolute Gasteiger partial charge is 0.481 e. The fraction of sp³-hybridized carbons (Fsp3) is 0.385. The molecule has 0 aliphatic carbocycles. The molecule has 1 atom stereocenters. The minimum absolute atomic E-state index is 0.131. The molecule has 0 aliphatic heterocycles. The second-order valence-corrected chi connectivity index (χ2v) is 5.15. The van der Waals surface area contributed by atoms with Gasteiger partial charge in [-0.3, -0.25) is 4.79 Å². The molecule has 1 aromatic rings. The number of carbonyl (C=O) groups excluding carboxylic acids is 1. The van der Waals surface area contributed by atoms with Crippen LogP contribution in [0.3, 0.4) is 0 Å². The van der Waals surface area contributed by atoms with Crippen molar-refractivity contribution in [1.82, 2.24) is 4.90 Å². The number of benzene rings is 1. The average molecular weight is 347 g/mol. The summed E-state index contributed by atoms with van der Waals surface area (Å²) in [5, 5.41) is 11.4. The van der Waals surface area contributed by atoms with Crippen LogP contribution in [0.15, 0.2) is 22.7 Å². The van der Waals surface area contributed by atoms with Crippen molar-refractivity contribution in [3.63, 3.8) is 0 Å². The molecule has 2 N–H and O–H groups in total. The number of halogens is 2. The van der Waals surface area contributed by atoms with Crippen LogP contribution >= 0.6 is 15.9 Å². The Bertz CT molecular complexity index is 510. The van der Waals surface area contributed by atoms with Gasteiger partial charge in [-0.1, -0.05) is 0 Å². The molecule has 0 saturated carbocycles. The first kappa shape index (κ1) is 16.4. The first-order valence-corrected chi connectivity index (χ1v) is 6.89. The highest BCUT2D eigenvalue weighted by molar-refractivity contribution is 9.10. The highest BCUT2D eigenvalue weighted by atomic mass is 79.9. The number of aliphatic carboxylic acids is 1. The molecule has 0 aromatic heterocycles. The van der Waals surface area contributed by atoms with Gasteiger partial charge in [0.2, 0.25) is 0 Å². The lowest BCUT2D eigenvalue weighted by molar-refractivity contribution is -0.137. The maximum atomic E-state index is 13.1. The molecule has 0 radical (unpaired) electrons. The van der Waals surface area contributed by atoms with Crippen molar-refractivity contribution in [1.29, 1.82) is 0 Å². The van der Waals surface area contributed by atoms with Crippen LogP contribution in [0.25, 0.3) is 0 Å². The number of hydrogen-bond acceptors (Lipinski definition) is 2. The molecule has 0 saturated heterocycles. The van der Waals surface area contributed by atoms with Crippen LogP contribution in [0.4, 0.5) is 14.9 Å². The van der Waals surface area contributed by atoms with Gasteiger partial charge in [0.1, 0.15) is 5.82 Å². The van der Waals surface area contributed by atoms with E-state index in [4.69, 9.17) is 5.11 Å². The van der Waals surface area contributed by atoms with E-state index in [0.717, 1.165) is 0 Å². The smallest absolute Gasteiger partial charge is 0.322 e. The van der Waals surface area contributed by atoms with E-state index < -0.39 is 23.9 Å². The van der Waals surface area contributed by atoms with E-state index >= 15 is 0 Å². The molecule has 0 spiro atoms. The number of amides is 2. The van der Waals surface area contributed by atoms with Crippen LogP contribution in [0, 0.1) is 5.82 Å². The van der Waals surface area contributed by atoms with Crippen LogP contribution in [0.1, 0.15) is 20.3 Å². The highest BCUT2D eigenvalue weighted by Gasteiger charge is 2.20. The van der Waals surface area contributed by atoms with Gasteiger partial charge >= 0.3 is 12.0 Å². The number of urea groups is 1. The summed E-state index contributed by atoms with van der Waals surface area (Å²) in [5.41, 5.74) is 0.434. The third-order valence-corrected chi connectivity index (χ3v) is 3.38. The second-order valence-electron chi connectivity index (χ2n) is 4.29. The monoisotopic (exact) mass is 346 g/mol. The van der Waals surface area contributed by atoms with Crippen LogP contribution < -0.4 is 5.32 Å². The third kappa shape index (κ3) is 4.48. The number of carboxylic acid groups (broad SMARTS) is 1. The molecule has 5 nitrogen and oxygen atoms in total. The molecule has 2 amide bonds. The Morgan fingerprint density at radius 1 is 1.50 bits per heavy atom. The summed E-state index contributed by atoms with van der Waals surface area (Å²) in [6.07, 6.45) is -0.131. The average Bonchev–Trinajstić information content (AvgIpc) is 2.33. The quantitative estimate of drug-likeness (QED) is 0.859. The van der Waals surface area contributed by atoms with Crippen LogP contribution in [-0.2, 0) is 4.79 Å². The maximum absolute atomic E-state index is 13.1. The Kier molecular flexibility index (Phi) is 5.94. The summed E-state index contributed by atoms with van der Waals surface area (Å²) in [7, 11) is 0. The highest BCUT2D eigenvalue weighted by Crippen LogP contribution is 2.20. The predicted molar refractivity (Wildman–Crippen MR) is 77.2 cm³/mol. The molecule has 20 heavy (non-hydrogen) atoms. The molecule has 110 valence electrons. The van der Waals surface area contributed by atoms with E-state index in [9.17, 15) is 14.0 Å². The fourth-order valence-corrected chi connectivity index (χ4v) is 2.17. The van der Waals surface area contributed by atoms with Gasteiger partial charge in [0.15, 0.2) is 0 Å². The lowest BCUT2D eigenvalue weighted by Gasteiger charge is -2.27. The Morgan fingerprint density at radius 2 is 2.15 bits per heavy atom. The summed E-state index contributed by atoms with van der Waals surface area (Å²) < 4.78 is 13.3. The molecule has 1 aromatic carbocycles. The van der Waals surface area contributed by atoms with Gasteiger partial charge < -0.3 is 15.3 Å². The first-order valence-electron chi connectivity index (χ1n) is 6.09. The normalized spacial score (nSPS) is 11.8. The Hall–Kier alpha value is -1.63. The summed E-state index contributed by atoms with van der Waals surface area (Å²) in [5.74, 6) is -1.39. The minimum atomic E-state index is -0.965. The minimum Gasteiger partial charge on any atom is -0.481 e. The number of anilines is 1. The van der Waals surface area contributed by atoms with Crippen molar-refractivity contribution in [2.75, 3.05) is 11.9 Å². The molecule has 0 bridgehead atoms. The van der Waals surface area contributed by atoms with Gasteiger partial charge in [0, 0.05) is 18.3 Å². The van der Waals surface area contributed by atoms with Crippen LogP contribution in [0.2, 0.25) is 0 Å². The van der Waals surface area contributed by atoms with E-state index in [0.29, 0.717) is 12.2 Å². The number of nitrogens with one attached hydrogen (secondary N) is 1. The van der Waals surface area contributed by atoms with Gasteiger partial charge in [-0.05, 0) is 48.0 Å². The zero-order valence-corrected chi connectivity index (χ0v) is 12.8. The number of carbonyl (C=O) groups is 2. The van der Waals surface area contributed by atoms with Gasteiger partial charge in [0.05, 0.1) is 10.9 Å². The standard InChI is InChI=1S/C13H16BrFN2O3/c1-3-17(8(2)6-12(18)19)13(20)16-9-4-5-11(15)10(14)7-9/h4-5,7-8H,3,6H2,1-2H3,(H,16,20)(H,18,19). The lowest BCUT2D eigenvalue weighted by atomic mass is 10.2. The Morgan fingerprint density at radius 3 is 2.65 bits per heavy atom. The second kappa shape index (κ2) is 7.23. The van der Waals surface area contributed by atoms with Gasteiger partial charge in [-0.25, -0.2) is 9.18 Å². The van der Waals surface area contributed by atoms with Crippen LogP contribution in [0.5, 0.6) is 0 Å². The molecule has 1 unspecified atom stereocenters. The van der Waals surface area contributed by atoms with Crippen molar-refractivity contribution in [2.45, 2.75) is 26.3 Å². The molecule has 0 fully saturated rings. The van der Waals surface area contributed by atoms with Crippen molar-refractivity contribution in [3.05, 3.63) is 28.5 Å². The number of nitrogens with zero attached hydrogens (tertiary/aromatic N) is 1. The molecule has 1 rings (SSSR count). The van der Waals surface area contributed by atoms with Crippen molar-refractivity contribution in [3.8, 4) is 0 Å². The van der Waals surface area contributed by atoms with E-state index in [2.05, 4.69) is 21.2 Å². The van der Waals surface area contributed by atoms with E-state index in [1.54, 1.807) is 13.8 Å². The molecule has 7 heteroatoms. The SMILES string of the molecule is CCN(C(=O)Nc1ccc(F)c(Br)c1)C(C)CC(=O)O.